The van der Waals surface area contributed by atoms with Crippen LogP contribution in [0.2, 0.25) is 18.6 Å². The summed E-state index contributed by atoms with van der Waals surface area (Å²) in [4.78, 5) is 44.0. The largest absolute Gasteiger partial charge is 0.454 e. The average Bonchev–Trinajstić information content (AvgIpc) is 3.75. The van der Waals surface area contributed by atoms with Crippen molar-refractivity contribution in [3.63, 3.8) is 0 Å². The van der Waals surface area contributed by atoms with Gasteiger partial charge in [-0.15, -0.1) is 5.10 Å². The lowest BCUT2D eigenvalue weighted by Crippen LogP contribution is -2.46. The molecule has 1 fully saturated rings. The van der Waals surface area contributed by atoms with Gasteiger partial charge in [0.05, 0.1) is 35.3 Å². The summed E-state index contributed by atoms with van der Waals surface area (Å²) in [5.41, 5.74) is 3.37. The second kappa shape index (κ2) is 13.6. The number of halogens is 1. The van der Waals surface area contributed by atoms with E-state index < -0.39 is 20.0 Å². The lowest BCUT2D eigenvalue weighted by molar-refractivity contribution is -0.146. The van der Waals surface area contributed by atoms with Crippen LogP contribution in [0.3, 0.4) is 0 Å². The van der Waals surface area contributed by atoms with Gasteiger partial charge in [0, 0.05) is 53.0 Å². The maximum absolute atomic E-state index is 14.9. The molecule has 3 aliphatic rings. The Hall–Kier alpha value is -4.66. The molecule has 8 rings (SSSR count). The Bertz CT molecular complexity index is 2210. The van der Waals surface area contributed by atoms with E-state index in [0.29, 0.717) is 53.5 Å². The van der Waals surface area contributed by atoms with E-state index in [1.165, 1.54) is 0 Å². The number of ether oxygens (including phenoxy) is 2. The minimum atomic E-state index is -2.86. The Kier molecular flexibility index (Phi) is 9.10. The van der Waals surface area contributed by atoms with Crippen LogP contribution in [0.25, 0.3) is 0 Å². The minimum Gasteiger partial charge on any atom is -0.454 e. The molecule has 0 aliphatic carbocycles. The molecular formula is C40H40BrN5O6Si. The number of hydrogen-bond donors (Lipinski definition) is 2. The number of aliphatic hydroxyl groups excluding tert-OH is 1. The molecule has 4 heterocycles. The highest BCUT2D eigenvalue weighted by molar-refractivity contribution is 9.10. The van der Waals surface area contributed by atoms with E-state index in [4.69, 9.17) is 9.47 Å². The highest BCUT2D eigenvalue weighted by Gasteiger charge is 2.66. The van der Waals surface area contributed by atoms with Gasteiger partial charge in [0.2, 0.25) is 0 Å². The number of carbonyl (C=O) groups excluding carboxylic acids is 2. The van der Waals surface area contributed by atoms with E-state index in [1.54, 1.807) is 26.6 Å². The Balaban J connectivity index is 1.10. The molecule has 2 amide bonds. The van der Waals surface area contributed by atoms with Crippen LogP contribution in [0.1, 0.15) is 40.5 Å². The topological polar surface area (TPSA) is 130 Å². The number of hydrogen-bond acceptors (Lipinski definition) is 8. The summed E-state index contributed by atoms with van der Waals surface area (Å²) in [6.45, 7) is 6.62. The van der Waals surface area contributed by atoms with Gasteiger partial charge in [-0.2, -0.15) is 0 Å². The van der Waals surface area contributed by atoms with Crippen molar-refractivity contribution in [3.05, 3.63) is 124 Å². The molecule has 1 saturated heterocycles. The van der Waals surface area contributed by atoms with Crippen LogP contribution < -0.4 is 14.5 Å². The van der Waals surface area contributed by atoms with Gasteiger partial charge in [0.15, 0.2) is 19.7 Å². The molecule has 3 aliphatic heterocycles. The monoisotopic (exact) mass is 793 g/mol. The molecule has 1 spiro atoms. The average molecular weight is 795 g/mol. The third-order valence-corrected chi connectivity index (χ3v) is 13.7. The van der Waals surface area contributed by atoms with Gasteiger partial charge in [-0.25, -0.2) is 0 Å². The summed E-state index contributed by atoms with van der Waals surface area (Å²) in [5, 5.41) is 17.7. The zero-order chi connectivity index (χ0) is 37.1. The maximum atomic E-state index is 14.9. The smallest absolute Gasteiger partial charge is 0.266 e. The summed E-state index contributed by atoms with van der Waals surface area (Å²) in [6.07, 6.45) is 2.36. The van der Waals surface area contributed by atoms with E-state index in [9.17, 15) is 19.5 Å². The SMILES string of the molecule is C[C@@H]1[C@@H]([Si](C)(C)O)[C@H](CCn2cc(CCO)nn2)O[C@@]12C(=O)N(Cc1ccc(N3C(=O)c4ccccc4Oc4ccccc43)cc1)c1ccc(Br)cc12. The highest BCUT2D eigenvalue weighted by atomic mass is 79.9. The summed E-state index contributed by atoms with van der Waals surface area (Å²) in [5.74, 6) is 0.406. The number of amides is 2. The molecular weight excluding hydrogens is 754 g/mol. The van der Waals surface area contributed by atoms with Gasteiger partial charge in [0.1, 0.15) is 5.75 Å². The third-order valence-electron chi connectivity index (χ3n) is 10.7. The van der Waals surface area contributed by atoms with Crippen molar-refractivity contribution in [1.29, 1.82) is 0 Å². The quantitative estimate of drug-likeness (QED) is 0.151. The fraction of sp³-hybridized carbons (Fsp3) is 0.300. The second-order valence-corrected chi connectivity index (χ2v) is 19.4. The van der Waals surface area contributed by atoms with Crippen molar-refractivity contribution in [2.75, 3.05) is 16.4 Å². The van der Waals surface area contributed by atoms with Crippen LogP contribution in [-0.2, 0) is 34.6 Å². The van der Waals surface area contributed by atoms with Crippen molar-refractivity contribution in [1.82, 2.24) is 15.0 Å². The van der Waals surface area contributed by atoms with Crippen LogP contribution in [-0.4, -0.2) is 57.7 Å². The Labute approximate surface area is 317 Å². The number of nitrogens with zero attached hydrogens (tertiary/aromatic N) is 5. The fourth-order valence-corrected chi connectivity index (χ4v) is 11.4. The van der Waals surface area contributed by atoms with Gasteiger partial charge in [0.25, 0.3) is 11.8 Å². The number of aromatic nitrogens is 3. The second-order valence-electron chi connectivity index (χ2n) is 14.5. The molecule has 272 valence electrons. The van der Waals surface area contributed by atoms with E-state index >= 15 is 0 Å². The van der Waals surface area contributed by atoms with Gasteiger partial charge in [-0.3, -0.25) is 19.2 Å². The Morgan fingerprint density at radius 2 is 1.68 bits per heavy atom. The van der Waals surface area contributed by atoms with Crippen LogP contribution in [0.4, 0.5) is 17.1 Å². The molecule has 4 atom stereocenters. The zero-order valence-corrected chi connectivity index (χ0v) is 32.2. The predicted octanol–water partition coefficient (Wildman–Crippen LogP) is 7.09. The van der Waals surface area contributed by atoms with Crippen LogP contribution in [0.5, 0.6) is 11.5 Å². The number of fused-ring (bicyclic) bond motifs is 4. The maximum Gasteiger partial charge on any atom is 0.266 e. The molecule has 0 radical (unpaired) electrons. The standard InChI is InChI=1S/C40H40BrN5O6Si/c1-25-37(53(2,3)50)36(18-20-44-24-28(19-21-47)42-43-44)52-40(25)31-22-27(41)14-17-32(31)45(39(40)49)23-26-12-15-29(16-13-26)46-33-9-5-7-11-35(33)51-34-10-6-4-8-30(34)38(46)48/h4-17,22,24-25,36-37,47,50H,18-21,23H2,1-3H3/t25-,36+,37-,40+/m1/s1. The third kappa shape index (κ3) is 6.10. The lowest BCUT2D eigenvalue weighted by Gasteiger charge is -2.32. The van der Waals surface area contributed by atoms with Crippen molar-refractivity contribution >= 4 is 53.1 Å². The number of aliphatic hydroxyl groups is 1. The number of rotatable bonds is 9. The number of carbonyl (C=O) groups is 2. The van der Waals surface area contributed by atoms with Crippen LogP contribution in [0, 0.1) is 5.92 Å². The number of anilines is 3. The summed E-state index contributed by atoms with van der Waals surface area (Å²) in [7, 11) is -2.86. The Morgan fingerprint density at radius 1 is 0.943 bits per heavy atom. The van der Waals surface area contributed by atoms with Crippen molar-refractivity contribution in [3.8, 4) is 11.5 Å². The molecule has 53 heavy (non-hydrogen) atoms. The van der Waals surface area contributed by atoms with Crippen LogP contribution in [0.15, 0.2) is 102 Å². The molecule has 11 nitrogen and oxygen atoms in total. The Morgan fingerprint density at radius 3 is 2.43 bits per heavy atom. The first kappa shape index (κ1) is 35.4. The van der Waals surface area contributed by atoms with E-state index in [1.807, 2.05) is 105 Å². The normalized spacial score (nSPS) is 22.1. The number of aryl methyl sites for hydroxylation is 1. The molecule has 2 N–H and O–H groups in total. The first-order valence-electron chi connectivity index (χ1n) is 17.8. The highest BCUT2D eigenvalue weighted by Crippen LogP contribution is 2.60. The predicted molar refractivity (Wildman–Crippen MR) is 206 cm³/mol. The van der Waals surface area contributed by atoms with Crippen molar-refractivity contribution in [2.45, 2.75) is 63.2 Å². The van der Waals surface area contributed by atoms with Gasteiger partial charge in [-0.05, 0) is 79.7 Å². The van der Waals surface area contributed by atoms with Crippen LogP contribution >= 0.6 is 15.9 Å². The molecule has 5 aromatic rings. The van der Waals surface area contributed by atoms with E-state index in [0.717, 1.165) is 21.3 Å². The molecule has 0 saturated carbocycles. The van der Waals surface area contributed by atoms with Gasteiger partial charge < -0.3 is 24.3 Å². The van der Waals surface area contributed by atoms with Gasteiger partial charge >= 0.3 is 0 Å². The molecule has 13 heteroatoms. The first-order valence-corrected chi connectivity index (χ1v) is 21.6. The van der Waals surface area contributed by atoms with Crippen molar-refractivity contribution < 1.29 is 29.0 Å². The zero-order valence-electron chi connectivity index (χ0n) is 29.6. The molecule has 0 unspecified atom stereocenters. The number of para-hydroxylation sites is 3. The molecule has 0 bridgehead atoms. The number of benzene rings is 4. The molecule has 1 aromatic heterocycles. The van der Waals surface area contributed by atoms with Gasteiger partial charge in [-0.1, -0.05) is 64.5 Å². The first-order chi connectivity index (χ1) is 25.5. The minimum absolute atomic E-state index is 0.00827. The summed E-state index contributed by atoms with van der Waals surface area (Å²) >= 11 is 3.64. The lowest BCUT2D eigenvalue weighted by atomic mass is 9.82. The van der Waals surface area contributed by atoms with E-state index in [-0.39, 0.29) is 36.4 Å². The van der Waals surface area contributed by atoms with E-state index in [2.05, 4.69) is 26.2 Å². The summed E-state index contributed by atoms with van der Waals surface area (Å²) < 4.78 is 15.7. The summed E-state index contributed by atoms with van der Waals surface area (Å²) in [6, 6.07) is 28.2. The fourth-order valence-electron chi connectivity index (χ4n) is 8.41. The molecule has 4 aromatic carbocycles. The van der Waals surface area contributed by atoms with Crippen molar-refractivity contribution in [2.24, 2.45) is 5.92 Å².